The van der Waals surface area contributed by atoms with E-state index in [0.29, 0.717) is 0 Å². The summed E-state index contributed by atoms with van der Waals surface area (Å²) in [4.78, 5) is 0. The fourth-order valence-electron chi connectivity index (χ4n) is 0. The molecule has 0 amide bonds. The summed E-state index contributed by atoms with van der Waals surface area (Å²) in [5.41, 5.74) is 4.79. The SMILES string of the molecule is CC(C)(C)[C-](N)O. The highest BCUT2D eigenvalue weighted by Gasteiger charge is 2.03. The van der Waals surface area contributed by atoms with Gasteiger partial charge in [0.05, 0.1) is 0 Å². The lowest BCUT2D eigenvalue weighted by Gasteiger charge is -2.34. The lowest BCUT2D eigenvalue weighted by molar-refractivity contribution is 0.179. The molecule has 0 heterocycles. The molecule has 0 unspecified atom stereocenters. The van der Waals surface area contributed by atoms with E-state index in [4.69, 9.17) is 10.8 Å². The molecule has 0 fully saturated rings. The van der Waals surface area contributed by atoms with E-state index in [-0.39, 0.29) is 11.6 Å². The van der Waals surface area contributed by atoms with Crippen LogP contribution in [0.1, 0.15) is 20.8 Å². The van der Waals surface area contributed by atoms with Gasteiger partial charge in [0.2, 0.25) is 0 Å². The van der Waals surface area contributed by atoms with Gasteiger partial charge in [-0.15, -0.1) is 11.6 Å². The lowest BCUT2D eigenvalue weighted by atomic mass is 9.95. The van der Waals surface area contributed by atoms with Gasteiger partial charge in [0.25, 0.3) is 0 Å². The Kier molecular flexibility index (Phi) is 1.78. The maximum Gasteiger partial charge on any atom is -0.0844 e. The van der Waals surface area contributed by atoms with E-state index in [2.05, 4.69) is 0 Å². The first-order valence-electron chi connectivity index (χ1n) is 2.26. The summed E-state index contributed by atoms with van der Waals surface area (Å²) < 4.78 is 0. The molecule has 7 heavy (non-hydrogen) atoms. The van der Waals surface area contributed by atoms with Crippen molar-refractivity contribution < 1.29 is 5.11 Å². The summed E-state index contributed by atoms with van der Waals surface area (Å²) >= 11 is 0. The maximum atomic E-state index is 8.58. The molecule has 0 saturated carbocycles. The Morgan fingerprint density at radius 2 is 1.57 bits per heavy atom. The minimum atomic E-state index is -0.250. The number of aliphatic hydroxyl groups excluding tert-OH is 1. The van der Waals surface area contributed by atoms with Gasteiger partial charge in [-0.25, -0.2) is 0 Å². The van der Waals surface area contributed by atoms with Gasteiger partial charge >= 0.3 is 0 Å². The Labute approximate surface area is 44.3 Å². The van der Waals surface area contributed by atoms with Crippen LogP contribution in [0.2, 0.25) is 0 Å². The molecule has 0 radical (unpaired) electrons. The highest BCUT2D eigenvalue weighted by Crippen LogP contribution is 2.19. The summed E-state index contributed by atoms with van der Waals surface area (Å²) in [5, 5.41) is 8.58. The summed E-state index contributed by atoms with van der Waals surface area (Å²) in [6.07, 6.45) is -0.00694. The minimum Gasteiger partial charge on any atom is -0.548 e. The molecule has 0 atom stereocenters. The monoisotopic (exact) mass is 102 g/mol. The summed E-state index contributed by atoms with van der Waals surface area (Å²) in [5.74, 6) is 0. The van der Waals surface area contributed by atoms with Gasteiger partial charge in [-0.1, -0.05) is 20.8 Å². The van der Waals surface area contributed by atoms with Crippen molar-refractivity contribution in [2.24, 2.45) is 11.1 Å². The zero-order chi connectivity index (χ0) is 6.08. The Balaban J connectivity index is 3.54. The molecule has 0 aliphatic carbocycles. The van der Waals surface area contributed by atoms with Crippen molar-refractivity contribution in [3.63, 3.8) is 0 Å². The summed E-state index contributed by atoms with van der Waals surface area (Å²) in [6, 6.07) is 0. The molecule has 2 heteroatoms. The quantitative estimate of drug-likeness (QED) is 0.445. The van der Waals surface area contributed by atoms with Gasteiger partial charge in [-0.05, 0) is 0 Å². The van der Waals surface area contributed by atoms with Crippen molar-refractivity contribution >= 4 is 0 Å². The molecule has 0 rings (SSSR count). The maximum absolute atomic E-state index is 8.58. The molecule has 0 aromatic carbocycles. The normalized spacial score (nSPS) is 12.9. The van der Waals surface area contributed by atoms with Crippen LogP contribution in [0.5, 0.6) is 0 Å². The third kappa shape index (κ3) is 2.60. The number of rotatable bonds is 0. The van der Waals surface area contributed by atoms with Crippen molar-refractivity contribution in [2.45, 2.75) is 20.8 Å². The molecule has 0 aromatic heterocycles. The van der Waals surface area contributed by atoms with Crippen LogP contribution >= 0.6 is 0 Å². The molecular weight excluding hydrogens is 90.1 g/mol. The molecule has 0 aliphatic heterocycles. The second-order valence-corrected chi connectivity index (χ2v) is 2.64. The third-order valence-corrected chi connectivity index (χ3v) is 0.768. The van der Waals surface area contributed by atoms with Crippen LogP contribution in [0.3, 0.4) is 0 Å². The number of aliphatic hydroxyl groups is 1. The first kappa shape index (κ1) is 6.92. The average molecular weight is 102 g/mol. The van der Waals surface area contributed by atoms with Crippen LogP contribution in [0.25, 0.3) is 0 Å². The molecule has 0 aromatic rings. The molecule has 0 bridgehead atoms. The number of nitrogens with two attached hydrogens (primary N) is 1. The zero-order valence-corrected chi connectivity index (χ0v) is 5.02. The van der Waals surface area contributed by atoms with E-state index in [1.165, 1.54) is 0 Å². The molecule has 0 aliphatic rings. The molecule has 3 N–H and O–H groups in total. The first-order chi connectivity index (χ1) is 2.94. The standard InChI is InChI=1S/C5H12NO/c1-5(2,3)4(6)7/h7H,6H2,1-3H3/q-1. The van der Waals surface area contributed by atoms with E-state index in [0.717, 1.165) is 0 Å². The van der Waals surface area contributed by atoms with Crippen molar-refractivity contribution in [3.8, 4) is 0 Å². The largest absolute Gasteiger partial charge is 0.548 e. The molecular formula is C5H12NO-. The van der Waals surface area contributed by atoms with Gasteiger partial charge in [0.1, 0.15) is 0 Å². The third-order valence-electron chi connectivity index (χ3n) is 0.768. The van der Waals surface area contributed by atoms with Crippen LogP contribution in [0.15, 0.2) is 0 Å². The molecule has 44 valence electrons. The van der Waals surface area contributed by atoms with Crippen molar-refractivity contribution in [1.29, 1.82) is 0 Å². The zero-order valence-electron chi connectivity index (χ0n) is 5.02. The van der Waals surface area contributed by atoms with Gasteiger partial charge in [-0.2, -0.15) is 0 Å². The van der Waals surface area contributed by atoms with Crippen LogP contribution in [0.4, 0.5) is 0 Å². The van der Waals surface area contributed by atoms with Crippen LogP contribution in [0, 0.1) is 11.6 Å². The van der Waals surface area contributed by atoms with Crippen LogP contribution in [-0.2, 0) is 0 Å². The van der Waals surface area contributed by atoms with Gasteiger partial charge in [-0.3, -0.25) is 0 Å². The Hall–Kier alpha value is -0.0800. The summed E-state index contributed by atoms with van der Waals surface area (Å²) in [7, 11) is 0. The average Bonchev–Trinajstić information content (AvgIpc) is 1.31. The van der Waals surface area contributed by atoms with E-state index in [9.17, 15) is 0 Å². The van der Waals surface area contributed by atoms with Crippen molar-refractivity contribution in [3.05, 3.63) is 6.23 Å². The summed E-state index contributed by atoms with van der Waals surface area (Å²) in [6.45, 7) is 5.55. The fraction of sp³-hybridized carbons (Fsp3) is 0.800. The number of hydrogen-bond acceptors (Lipinski definition) is 2. The van der Waals surface area contributed by atoms with Crippen molar-refractivity contribution in [2.75, 3.05) is 0 Å². The second-order valence-electron chi connectivity index (χ2n) is 2.64. The van der Waals surface area contributed by atoms with E-state index >= 15 is 0 Å². The fourth-order valence-corrected chi connectivity index (χ4v) is 0. The van der Waals surface area contributed by atoms with Crippen molar-refractivity contribution in [1.82, 2.24) is 0 Å². The van der Waals surface area contributed by atoms with Gasteiger partial charge < -0.3 is 10.8 Å². The number of hydrogen-bond donors (Lipinski definition) is 2. The topological polar surface area (TPSA) is 46.2 Å². The van der Waals surface area contributed by atoms with Gasteiger partial charge in [0.15, 0.2) is 0 Å². The molecule has 0 saturated heterocycles. The minimum absolute atomic E-state index is 0.00694. The molecule has 0 spiro atoms. The Morgan fingerprint density at radius 1 is 1.43 bits per heavy atom. The van der Waals surface area contributed by atoms with Crippen LogP contribution in [-0.4, -0.2) is 5.11 Å². The first-order valence-corrected chi connectivity index (χ1v) is 2.26. The second kappa shape index (κ2) is 1.80. The van der Waals surface area contributed by atoms with E-state index in [1.54, 1.807) is 0 Å². The highest BCUT2D eigenvalue weighted by atomic mass is 16.3. The smallest absolute Gasteiger partial charge is 0.0844 e. The Morgan fingerprint density at radius 3 is 1.57 bits per heavy atom. The molecule has 2 nitrogen and oxygen atoms in total. The Bertz CT molecular complexity index is 53.6. The predicted octanol–water partition coefficient (Wildman–Crippen LogP) is 0.853. The lowest BCUT2D eigenvalue weighted by Crippen LogP contribution is -2.25. The van der Waals surface area contributed by atoms with Crippen LogP contribution < -0.4 is 5.73 Å². The predicted molar refractivity (Wildman–Crippen MR) is 28.8 cm³/mol. The highest BCUT2D eigenvalue weighted by molar-refractivity contribution is 4.81. The van der Waals surface area contributed by atoms with Gasteiger partial charge in [0, 0.05) is 0 Å². The van der Waals surface area contributed by atoms with E-state index < -0.39 is 0 Å². The van der Waals surface area contributed by atoms with E-state index in [1.807, 2.05) is 20.8 Å².